The van der Waals surface area contributed by atoms with Gasteiger partial charge in [0.25, 0.3) is 0 Å². The van der Waals surface area contributed by atoms with Gasteiger partial charge >= 0.3 is 11.9 Å². The summed E-state index contributed by atoms with van der Waals surface area (Å²) in [5.41, 5.74) is 0.268. The van der Waals surface area contributed by atoms with E-state index < -0.39 is 23.3 Å². The van der Waals surface area contributed by atoms with Crippen molar-refractivity contribution in [2.75, 3.05) is 0 Å². The van der Waals surface area contributed by atoms with Gasteiger partial charge in [0.15, 0.2) is 0 Å². The van der Waals surface area contributed by atoms with E-state index in [1.165, 1.54) is 38.5 Å². The Balaban J connectivity index is 2.11. The maximum atomic E-state index is 12.3. The summed E-state index contributed by atoms with van der Waals surface area (Å²) in [6.45, 7) is 3.94. The third-order valence-electron chi connectivity index (χ3n) is 6.14. The number of carboxylic acids is 2. The molecule has 4 nitrogen and oxygen atoms in total. The van der Waals surface area contributed by atoms with Gasteiger partial charge in [0.05, 0.1) is 0 Å². The van der Waals surface area contributed by atoms with Crippen LogP contribution in [0.5, 0.6) is 0 Å². The Labute approximate surface area is 174 Å². The summed E-state index contributed by atoms with van der Waals surface area (Å²) in [6, 6.07) is 8.94. The number of hydrogen-bond donors (Lipinski definition) is 2. The van der Waals surface area contributed by atoms with Crippen molar-refractivity contribution in [3.63, 3.8) is 0 Å². The minimum atomic E-state index is -1.35. The Morgan fingerprint density at radius 1 is 0.931 bits per heavy atom. The smallest absolute Gasteiger partial charge is 0.332 e. The van der Waals surface area contributed by atoms with E-state index in [1.54, 1.807) is 43.3 Å². The molecule has 0 aliphatic heterocycles. The maximum Gasteiger partial charge on any atom is 0.332 e. The molecular weight excluding hydrogens is 364 g/mol. The highest BCUT2D eigenvalue weighted by Crippen LogP contribution is 2.44. The molecule has 1 aromatic rings. The first-order valence-corrected chi connectivity index (χ1v) is 10.9. The molecule has 0 radical (unpaired) electrons. The second-order valence-corrected chi connectivity index (χ2v) is 8.06. The topological polar surface area (TPSA) is 74.6 Å². The summed E-state index contributed by atoms with van der Waals surface area (Å²) in [5.74, 6) is -2.68. The minimum absolute atomic E-state index is 0.238. The van der Waals surface area contributed by atoms with E-state index in [4.69, 9.17) is 0 Å². The molecule has 0 aromatic heterocycles. The largest absolute Gasteiger partial charge is 0.480 e. The monoisotopic (exact) mass is 398 g/mol. The summed E-state index contributed by atoms with van der Waals surface area (Å²) in [4.78, 5) is 24.4. The molecule has 0 saturated heterocycles. The highest BCUT2D eigenvalue weighted by molar-refractivity contribution is 5.94. The van der Waals surface area contributed by atoms with E-state index in [0.717, 1.165) is 18.4 Å². The second kappa shape index (κ2) is 11.0. The normalized spacial score (nSPS) is 21.4. The summed E-state index contributed by atoms with van der Waals surface area (Å²) < 4.78 is 0. The molecule has 2 N–H and O–H groups in total. The van der Waals surface area contributed by atoms with Crippen molar-refractivity contribution in [1.29, 1.82) is 0 Å². The molecule has 0 bridgehead atoms. The molecular formula is C25H34O4. The quantitative estimate of drug-likeness (QED) is 0.416. The van der Waals surface area contributed by atoms with Crippen LogP contribution in [0, 0.1) is 5.92 Å². The van der Waals surface area contributed by atoms with Crippen LogP contribution in [0.1, 0.15) is 77.2 Å². The van der Waals surface area contributed by atoms with E-state index >= 15 is 0 Å². The van der Waals surface area contributed by atoms with Crippen molar-refractivity contribution in [2.24, 2.45) is 5.92 Å². The Bertz CT molecular complexity index is 747. The second-order valence-electron chi connectivity index (χ2n) is 8.06. The third kappa shape index (κ3) is 5.37. The summed E-state index contributed by atoms with van der Waals surface area (Å²) in [6.07, 6.45) is 13.6. The number of carbonyl (C=O) groups is 2. The Kier molecular flexibility index (Phi) is 8.69. The Hall–Kier alpha value is -2.36. The molecule has 0 heterocycles. The Morgan fingerprint density at radius 2 is 1.52 bits per heavy atom. The average Bonchev–Trinajstić information content (AvgIpc) is 2.70. The van der Waals surface area contributed by atoms with Gasteiger partial charge in [0, 0.05) is 11.5 Å². The lowest BCUT2D eigenvalue weighted by Crippen LogP contribution is -2.44. The molecule has 0 amide bonds. The molecule has 29 heavy (non-hydrogen) atoms. The molecule has 1 aromatic carbocycles. The van der Waals surface area contributed by atoms with Crippen LogP contribution in [0.25, 0.3) is 0 Å². The number of hydrogen-bond acceptors (Lipinski definition) is 2. The first-order valence-electron chi connectivity index (χ1n) is 10.9. The zero-order valence-corrected chi connectivity index (χ0v) is 17.7. The zero-order chi connectivity index (χ0) is 21.3. The highest BCUT2D eigenvalue weighted by atomic mass is 16.4. The van der Waals surface area contributed by atoms with Gasteiger partial charge in [0.1, 0.15) is 5.41 Å². The fraction of sp³-hybridized carbons (Fsp3) is 0.520. The molecule has 0 fully saturated rings. The standard InChI is InChI=1S/C25H34O4/c1-3-4-5-6-7-8-9-11-14-20-17-18-25(24(28)29,19(2)22(20)23(26)27)21-15-12-10-13-16-21/h10,12-13,15-19H,3-9,11,14H2,1-2H3,(H,26,27)(H,28,29). The zero-order valence-electron chi connectivity index (χ0n) is 17.7. The average molecular weight is 399 g/mol. The predicted molar refractivity (Wildman–Crippen MR) is 116 cm³/mol. The molecule has 1 aliphatic carbocycles. The van der Waals surface area contributed by atoms with Crippen LogP contribution in [0.2, 0.25) is 0 Å². The molecule has 0 spiro atoms. The lowest BCUT2D eigenvalue weighted by atomic mass is 9.64. The van der Waals surface area contributed by atoms with Crippen LogP contribution in [0.4, 0.5) is 0 Å². The van der Waals surface area contributed by atoms with Gasteiger partial charge in [-0.05, 0) is 24.0 Å². The summed E-state index contributed by atoms with van der Waals surface area (Å²) in [7, 11) is 0. The Morgan fingerprint density at radius 3 is 2.07 bits per heavy atom. The van der Waals surface area contributed by atoms with E-state index in [9.17, 15) is 19.8 Å². The van der Waals surface area contributed by atoms with Gasteiger partial charge < -0.3 is 10.2 Å². The van der Waals surface area contributed by atoms with E-state index in [1.807, 2.05) is 6.07 Å². The molecule has 2 unspecified atom stereocenters. The van der Waals surface area contributed by atoms with Gasteiger partial charge in [-0.15, -0.1) is 0 Å². The number of unbranched alkanes of at least 4 members (excludes halogenated alkanes) is 7. The number of aliphatic carboxylic acids is 2. The molecule has 158 valence electrons. The lowest BCUT2D eigenvalue weighted by molar-refractivity contribution is -0.143. The van der Waals surface area contributed by atoms with Gasteiger partial charge in [-0.25, -0.2) is 4.79 Å². The van der Waals surface area contributed by atoms with Crippen molar-refractivity contribution in [2.45, 2.75) is 77.0 Å². The number of rotatable bonds is 12. The fourth-order valence-electron chi connectivity index (χ4n) is 4.40. The summed E-state index contributed by atoms with van der Waals surface area (Å²) in [5, 5.41) is 19.9. The van der Waals surface area contributed by atoms with Gasteiger partial charge in [-0.1, -0.05) is 101 Å². The first-order chi connectivity index (χ1) is 13.9. The number of carboxylic acid groups (broad SMARTS) is 2. The van der Waals surface area contributed by atoms with Crippen molar-refractivity contribution >= 4 is 11.9 Å². The SMILES string of the molecule is CCCCCCCCCCC1=C(C(=O)O)C(C)C(C(=O)O)(c2ccccc2)C=C1. The first kappa shape index (κ1) is 22.9. The molecule has 1 aliphatic rings. The van der Waals surface area contributed by atoms with Gasteiger partial charge in [-0.3, -0.25) is 4.79 Å². The number of allylic oxidation sites excluding steroid dienone is 2. The van der Waals surface area contributed by atoms with Crippen LogP contribution in [0.15, 0.2) is 53.6 Å². The van der Waals surface area contributed by atoms with Crippen molar-refractivity contribution in [1.82, 2.24) is 0 Å². The van der Waals surface area contributed by atoms with Crippen molar-refractivity contribution in [3.8, 4) is 0 Å². The molecule has 2 rings (SSSR count). The molecule has 2 atom stereocenters. The highest BCUT2D eigenvalue weighted by Gasteiger charge is 2.48. The van der Waals surface area contributed by atoms with Gasteiger partial charge in [-0.2, -0.15) is 0 Å². The summed E-state index contributed by atoms with van der Waals surface area (Å²) >= 11 is 0. The minimum Gasteiger partial charge on any atom is -0.480 e. The van der Waals surface area contributed by atoms with Crippen LogP contribution in [-0.2, 0) is 15.0 Å². The van der Waals surface area contributed by atoms with E-state index in [-0.39, 0.29) is 5.57 Å². The third-order valence-corrected chi connectivity index (χ3v) is 6.14. The fourth-order valence-corrected chi connectivity index (χ4v) is 4.40. The number of benzene rings is 1. The van der Waals surface area contributed by atoms with E-state index in [0.29, 0.717) is 12.0 Å². The van der Waals surface area contributed by atoms with Crippen LogP contribution in [-0.4, -0.2) is 22.2 Å². The van der Waals surface area contributed by atoms with Gasteiger partial charge in [0.2, 0.25) is 0 Å². The molecule has 0 saturated carbocycles. The lowest BCUT2D eigenvalue weighted by Gasteiger charge is -2.37. The van der Waals surface area contributed by atoms with Crippen LogP contribution >= 0.6 is 0 Å². The van der Waals surface area contributed by atoms with Crippen molar-refractivity contribution < 1.29 is 19.8 Å². The maximum absolute atomic E-state index is 12.3. The van der Waals surface area contributed by atoms with Crippen LogP contribution < -0.4 is 0 Å². The van der Waals surface area contributed by atoms with Crippen LogP contribution in [0.3, 0.4) is 0 Å². The predicted octanol–water partition coefficient (Wildman–Crippen LogP) is 6.13. The van der Waals surface area contributed by atoms with Crippen molar-refractivity contribution in [3.05, 3.63) is 59.2 Å². The molecule has 4 heteroatoms. The van der Waals surface area contributed by atoms with E-state index in [2.05, 4.69) is 6.92 Å².